The first-order valence-electron chi connectivity index (χ1n) is 27.7. The van der Waals surface area contributed by atoms with Crippen LogP contribution in [-0.4, -0.2) is 145 Å². The molecule has 0 unspecified atom stereocenters. The van der Waals surface area contributed by atoms with Gasteiger partial charge < -0.3 is 54.7 Å². The van der Waals surface area contributed by atoms with E-state index >= 15 is 4.39 Å². The highest BCUT2D eigenvalue weighted by Gasteiger charge is 2.42. The van der Waals surface area contributed by atoms with Gasteiger partial charge in [-0.05, 0) is 108 Å². The number of ether oxygens (including phenoxy) is 4. The summed E-state index contributed by atoms with van der Waals surface area (Å²) in [4.78, 5) is 73.5. The standard InChI is InChI=1S/C62H69ClFN9O9S/c1-7-52(76)71-23-25-72(26-24-71)58-48-35-49(63)53(47-34-44(74)33-42-11-8-9-12-46(42)47)54(64)55(48)69-61(70-58)67-43-18-20-45(21-19-43)82-32-31-80-28-27-79-29-30-81-36-51(75)68-57(62(4,5)6)60(78)73-22-10-13-50(73)59(77)66-38(2)40-14-16-41(17-15-40)56-39(3)65-37-83-56/h7-9,11-12,14-21,33-35,37-38,50,57,74H,1,10,13,22-32,36H2,2-6H3,(H,66,77)(H,68,75)(H,67,69,70)/t38-,50-,57+/m0/s1. The van der Waals surface area contributed by atoms with E-state index in [1.807, 2.05) is 93.6 Å². The molecule has 4 N–H and O–H groups in total. The van der Waals surface area contributed by atoms with Crippen LogP contribution < -0.4 is 25.6 Å². The van der Waals surface area contributed by atoms with E-state index in [1.54, 1.807) is 57.5 Å². The van der Waals surface area contributed by atoms with Crippen LogP contribution in [-0.2, 0) is 33.4 Å². The second-order valence-corrected chi connectivity index (χ2v) is 22.8. The highest BCUT2D eigenvalue weighted by molar-refractivity contribution is 7.13. The fourth-order valence-corrected chi connectivity index (χ4v) is 11.4. The molecule has 2 aliphatic heterocycles. The molecule has 436 valence electrons. The van der Waals surface area contributed by atoms with Gasteiger partial charge in [0.05, 0.1) is 60.2 Å². The van der Waals surface area contributed by atoms with Gasteiger partial charge in [0, 0.05) is 49.4 Å². The number of aromatic nitrogens is 3. The van der Waals surface area contributed by atoms with Crippen LogP contribution in [0.2, 0.25) is 5.02 Å². The number of carbonyl (C=O) groups excluding carboxylic acids is 4. The number of halogens is 2. The van der Waals surface area contributed by atoms with Crippen LogP contribution in [0.15, 0.2) is 109 Å². The third-order valence-electron chi connectivity index (χ3n) is 14.7. The lowest BCUT2D eigenvalue weighted by Gasteiger charge is -2.35. The van der Waals surface area contributed by atoms with Crippen molar-refractivity contribution >= 4 is 85.7 Å². The molecular formula is C62H69ClFN9O9S. The molecule has 83 heavy (non-hydrogen) atoms. The highest BCUT2D eigenvalue weighted by atomic mass is 35.5. The zero-order valence-corrected chi connectivity index (χ0v) is 48.8. The Morgan fingerprint density at radius 3 is 2.25 bits per heavy atom. The number of amides is 4. The number of hydrogen-bond donors (Lipinski definition) is 4. The van der Waals surface area contributed by atoms with Crippen LogP contribution in [0, 0.1) is 18.2 Å². The highest BCUT2D eigenvalue weighted by Crippen LogP contribution is 2.43. The van der Waals surface area contributed by atoms with E-state index in [0.717, 1.165) is 27.1 Å². The summed E-state index contributed by atoms with van der Waals surface area (Å²) in [5, 5.41) is 21.8. The number of fused-ring (bicyclic) bond motifs is 2. The molecule has 0 aliphatic carbocycles. The Morgan fingerprint density at radius 1 is 0.867 bits per heavy atom. The second-order valence-electron chi connectivity index (χ2n) is 21.5. The maximum absolute atomic E-state index is 17.1. The van der Waals surface area contributed by atoms with E-state index in [-0.39, 0.29) is 84.6 Å². The topological polar surface area (TPSA) is 210 Å². The lowest BCUT2D eigenvalue weighted by Crippen LogP contribution is -2.58. The van der Waals surface area contributed by atoms with Crippen LogP contribution >= 0.6 is 22.9 Å². The molecule has 0 saturated carbocycles. The monoisotopic (exact) mass is 1170 g/mol. The number of nitrogens with one attached hydrogen (secondary N) is 3. The number of benzene rings is 5. The first kappa shape index (κ1) is 59.9. The Balaban J connectivity index is 0.704. The van der Waals surface area contributed by atoms with Crippen LogP contribution in [0.5, 0.6) is 11.5 Å². The number of nitrogens with zero attached hydrogens (tertiary/aromatic N) is 6. The number of aromatic hydroxyl groups is 1. The summed E-state index contributed by atoms with van der Waals surface area (Å²) in [5.41, 5.74) is 5.32. The van der Waals surface area contributed by atoms with Gasteiger partial charge >= 0.3 is 0 Å². The molecule has 2 fully saturated rings. The maximum Gasteiger partial charge on any atom is 0.246 e. The van der Waals surface area contributed by atoms with Crippen LogP contribution in [0.3, 0.4) is 0 Å². The minimum atomic E-state index is -0.881. The predicted molar refractivity (Wildman–Crippen MR) is 321 cm³/mol. The second kappa shape index (κ2) is 27.1. The maximum atomic E-state index is 17.1. The first-order chi connectivity index (χ1) is 40.0. The van der Waals surface area contributed by atoms with Crippen molar-refractivity contribution in [2.24, 2.45) is 5.41 Å². The quantitative estimate of drug-likeness (QED) is 0.0347. The van der Waals surface area contributed by atoms with Crippen molar-refractivity contribution in [1.82, 2.24) is 35.4 Å². The lowest BCUT2D eigenvalue weighted by molar-refractivity contribution is -0.144. The molecule has 2 saturated heterocycles. The first-order valence-corrected chi connectivity index (χ1v) is 28.9. The molecule has 5 aromatic carbocycles. The van der Waals surface area contributed by atoms with Gasteiger partial charge in [-0.3, -0.25) is 19.2 Å². The van der Waals surface area contributed by atoms with Gasteiger partial charge in [0.15, 0.2) is 5.82 Å². The third-order valence-corrected chi connectivity index (χ3v) is 15.9. The number of phenolic OH excluding ortho intramolecular Hbond substituents is 1. The summed E-state index contributed by atoms with van der Waals surface area (Å²) in [7, 11) is 0. The summed E-state index contributed by atoms with van der Waals surface area (Å²) in [5.74, 6) is -0.709. The Hall–Kier alpha value is -7.75. The van der Waals surface area contributed by atoms with Gasteiger partial charge in [0.25, 0.3) is 0 Å². The smallest absolute Gasteiger partial charge is 0.246 e. The molecule has 2 aliphatic rings. The Morgan fingerprint density at radius 2 is 1.57 bits per heavy atom. The Bertz CT molecular complexity index is 3460. The largest absolute Gasteiger partial charge is 0.508 e. The van der Waals surface area contributed by atoms with Gasteiger partial charge in [-0.2, -0.15) is 4.98 Å². The number of phenols is 1. The van der Waals surface area contributed by atoms with Crippen LogP contribution in [0.1, 0.15) is 57.8 Å². The minimum Gasteiger partial charge on any atom is -0.508 e. The van der Waals surface area contributed by atoms with E-state index in [9.17, 15) is 24.3 Å². The Kier molecular flexibility index (Phi) is 19.5. The van der Waals surface area contributed by atoms with E-state index in [0.29, 0.717) is 92.4 Å². The normalized spacial score (nSPS) is 15.3. The van der Waals surface area contributed by atoms with E-state index in [1.165, 1.54) is 12.1 Å². The Labute approximate surface area is 490 Å². The van der Waals surface area contributed by atoms with Crippen molar-refractivity contribution in [3.8, 4) is 33.1 Å². The SMILES string of the molecule is C=CC(=O)N1CCN(c2nc(Nc3ccc(OCCOCCOCCOCC(=O)N[C@H](C(=O)N4CCC[C@H]4C(=O)N[C@@H](C)c4ccc(-c5scnc5C)cc4)C(C)(C)C)cc3)nc3c(F)c(-c4cc(O)cc5ccccc45)c(Cl)cc23)CC1. The van der Waals surface area contributed by atoms with Gasteiger partial charge in [0.2, 0.25) is 29.6 Å². The van der Waals surface area contributed by atoms with Crippen molar-refractivity contribution in [1.29, 1.82) is 0 Å². The van der Waals surface area contributed by atoms with Gasteiger partial charge in [-0.1, -0.05) is 87.5 Å². The predicted octanol–water partition coefficient (Wildman–Crippen LogP) is 9.79. The number of rotatable bonds is 23. The fourth-order valence-electron chi connectivity index (χ4n) is 10.3. The zero-order valence-electron chi connectivity index (χ0n) is 47.2. The molecule has 4 amide bonds. The van der Waals surface area contributed by atoms with Crippen molar-refractivity contribution in [2.75, 3.05) is 89.2 Å². The summed E-state index contributed by atoms with van der Waals surface area (Å²) in [6, 6.07) is 25.5. The van der Waals surface area contributed by atoms with E-state index in [2.05, 4.69) is 32.5 Å². The molecule has 21 heteroatoms. The molecule has 0 bridgehead atoms. The number of hydrogen-bond acceptors (Lipinski definition) is 15. The summed E-state index contributed by atoms with van der Waals surface area (Å²) < 4.78 is 39.9. The van der Waals surface area contributed by atoms with E-state index < -0.39 is 29.2 Å². The van der Waals surface area contributed by atoms with Crippen molar-refractivity contribution < 1.29 is 47.6 Å². The molecular weight excluding hydrogens is 1100 g/mol. The molecule has 7 aromatic rings. The van der Waals surface area contributed by atoms with Gasteiger partial charge in [-0.25, -0.2) is 14.4 Å². The lowest BCUT2D eigenvalue weighted by atomic mass is 9.85. The minimum absolute atomic E-state index is 0.0253. The summed E-state index contributed by atoms with van der Waals surface area (Å²) in [6.07, 6.45) is 2.49. The summed E-state index contributed by atoms with van der Waals surface area (Å²) >= 11 is 8.50. The van der Waals surface area contributed by atoms with Gasteiger partial charge in [0.1, 0.15) is 48.1 Å². The molecule has 3 atom stereocenters. The number of carbonyl (C=O) groups is 4. The molecule has 9 rings (SSSR count). The van der Waals surface area contributed by atoms with E-state index in [4.69, 9.17) is 35.5 Å². The fraction of sp³-hybridized carbons (Fsp3) is 0.371. The number of anilines is 3. The molecule has 18 nitrogen and oxygen atoms in total. The molecule has 2 aromatic heterocycles. The van der Waals surface area contributed by atoms with Gasteiger partial charge in [-0.15, -0.1) is 11.3 Å². The van der Waals surface area contributed by atoms with Crippen molar-refractivity contribution in [3.63, 3.8) is 0 Å². The third kappa shape index (κ3) is 14.5. The van der Waals surface area contributed by atoms with Crippen molar-refractivity contribution in [3.05, 3.63) is 131 Å². The number of piperazine rings is 1. The number of likely N-dealkylation sites (tertiary alicyclic amines) is 1. The summed E-state index contributed by atoms with van der Waals surface area (Å²) in [6.45, 7) is 16.5. The number of aryl methyl sites for hydroxylation is 1. The zero-order chi connectivity index (χ0) is 58.8. The molecule has 4 heterocycles. The van der Waals surface area contributed by atoms with Crippen LogP contribution in [0.25, 0.3) is 43.2 Å². The average molecular weight is 1170 g/mol. The molecule has 0 spiro atoms. The molecule has 0 radical (unpaired) electrons. The van der Waals surface area contributed by atoms with Crippen molar-refractivity contribution in [2.45, 2.75) is 65.6 Å². The van der Waals surface area contributed by atoms with Crippen LogP contribution in [0.4, 0.5) is 21.8 Å². The number of thiazole rings is 1. The average Bonchev–Trinajstić information content (AvgIpc) is 4.09.